The van der Waals surface area contributed by atoms with Crippen molar-refractivity contribution >= 4 is 15.8 Å². The smallest absolute Gasteiger partial charge is 0.304 e. The first-order valence-electron chi connectivity index (χ1n) is 5.16. The van der Waals surface area contributed by atoms with E-state index in [9.17, 15) is 13.2 Å². The van der Waals surface area contributed by atoms with Gasteiger partial charge in [0, 0.05) is 11.7 Å². The molecule has 1 rings (SSSR count). The summed E-state index contributed by atoms with van der Waals surface area (Å²) in [4.78, 5) is 11.0. The molecule has 1 aromatic rings. The molecule has 5 heteroatoms. The van der Waals surface area contributed by atoms with Gasteiger partial charge in [-0.25, -0.2) is 8.42 Å². The molecule has 0 amide bonds. The van der Waals surface area contributed by atoms with Gasteiger partial charge in [0.15, 0.2) is 9.84 Å². The molecule has 1 N–H and O–H groups in total. The van der Waals surface area contributed by atoms with Crippen LogP contribution in [0.25, 0.3) is 0 Å². The molecule has 0 atom stereocenters. The van der Waals surface area contributed by atoms with Gasteiger partial charge in [-0.15, -0.1) is 0 Å². The maximum atomic E-state index is 11.6. The summed E-state index contributed by atoms with van der Waals surface area (Å²) >= 11 is 0. The summed E-state index contributed by atoms with van der Waals surface area (Å²) in [7, 11) is -3.35. The number of benzene rings is 1. The van der Waals surface area contributed by atoms with Crippen LogP contribution in [0.15, 0.2) is 29.2 Å². The Morgan fingerprint density at radius 2 is 1.82 bits per heavy atom. The number of carbonyl (C=O) groups is 1. The van der Waals surface area contributed by atoms with Crippen molar-refractivity contribution in [2.24, 2.45) is 0 Å². The standard InChI is InChI=1S/C12H16O4S/c1-12(2,8-11(13)14)9-6-4-5-7-10(9)17(3,15)16/h4-7H,8H2,1-3H3,(H,13,14). The fourth-order valence-electron chi connectivity index (χ4n) is 1.82. The highest BCUT2D eigenvalue weighted by atomic mass is 32.2. The Morgan fingerprint density at radius 3 is 2.29 bits per heavy atom. The number of hydrogen-bond donors (Lipinski definition) is 1. The van der Waals surface area contributed by atoms with Gasteiger partial charge in [0.05, 0.1) is 11.3 Å². The largest absolute Gasteiger partial charge is 0.481 e. The van der Waals surface area contributed by atoms with Gasteiger partial charge in [0.2, 0.25) is 0 Å². The minimum absolute atomic E-state index is 0.112. The van der Waals surface area contributed by atoms with Crippen LogP contribution >= 0.6 is 0 Å². The van der Waals surface area contributed by atoms with E-state index >= 15 is 0 Å². The number of hydrogen-bond acceptors (Lipinski definition) is 3. The molecule has 0 spiro atoms. The molecular formula is C12H16O4S. The number of carboxylic acids is 1. The molecule has 0 saturated heterocycles. The molecule has 0 aromatic heterocycles. The lowest BCUT2D eigenvalue weighted by molar-refractivity contribution is -0.138. The third-order valence-corrected chi connectivity index (χ3v) is 3.76. The fourth-order valence-corrected chi connectivity index (χ4v) is 2.89. The summed E-state index contributed by atoms with van der Waals surface area (Å²) in [5, 5.41) is 8.85. The Bertz CT molecular complexity index is 529. The fraction of sp³-hybridized carbons (Fsp3) is 0.417. The predicted molar refractivity (Wildman–Crippen MR) is 64.8 cm³/mol. The first-order valence-corrected chi connectivity index (χ1v) is 7.05. The van der Waals surface area contributed by atoms with Crippen molar-refractivity contribution in [3.63, 3.8) is 0 Å². The second kappa shape index (κ2) is 4.49. The lowest BCUT2D eigenvalue weighted by Crippen LogP contribution is -2.24. The van der Waals surface area contributed by atoms with Crippen molar-refractivity contribution in [3.05, 3.63) is 29.8 Å². The minimum Gasteiger partial charge on any atom is -0.481 e. The first kappa shape index (κ1) is 13.7. The van der Waals surface area contributed by atoms with E-state index in [1.165, 1.54) is 6.07 Å². The Balaban J connectivity index is 3.37. The molecule has 0 saturated carbocycles. The third kappa shape index (κ3) is 3.30. The lowest BCUT2D eigenvalue weighted by Gasteiger charge is -2.25. The molecule has 0 aliphatic rings. The average molecular weight is 256 g/mol. The quantitative estimate of drug-likeness (QED) is 0.892. The van der Waals surface area contributed by atoms with Gasteiger partial charge >= 0.3 is 5.97 Å². The first-order chi connectivity index (χ1) is 7.64. The van der Waals surface area contributed by atoms with Gasteiger partial charge < -0.3 is 5.11 Å². The zero-order valence-electron chi connectivity index (χ0n) is 10.1. The van der Waals surface area contributed by atoms with Gasteiger partial charge in [-0.2, -0.15) is 0 Å². The van der Waals surface area contributed by atoms with E-state index in [1.54, 1.807) is 32.0 Å². The van der Waals surface area contributed by atoms with Crippen LogP contribution in [-0.2, 0) is 20.0 Å². The SMILES string of the molecule is CC(C)(CC(=O)O)c1ccccc1S(C)(=O)=O. The Hall–Kier alpha value is -1.36. The van der Waals surface area contributed by atoms with Crippen molar-refractivity contribution in [2.45, 2.75) is 30.6 Å². The van der Waals surface area contributed by atoms with Crippen LogP contribution in [0.4, 0.5) is 0 Å². The van der Waals surface area contributed by atoms with Gasteiger partial charge in [-0.1, -0.05) is 32.0 Å². The van der Waals surface area contributed by atoms with E-state index in [-0.39, 0.29) is 11.3 Å². The summed E-state index contributed by atoms with van der Waals surface area (Å²) in [5.74, 6) is -0.946. The second-order valence-electron chi connectivity index (χ2n) is 4.72. The zero-order valence-corrected chi connectivity index (χ0v) is 10.9. The molecule has 4 nitrogen and oxygen atoms in total. The molecular weight excluding hydrogens is 240 g/mol. The molecule has 17 heavy (non-hydrogen) atoms. The normalized spacial score (nSPS) is 12.4. The topological polar surface area (TPSA) is 71.4 Å². The highest BCUT2D eigenvalue weighted by Gasteiger charge is 2.29. The van der Waals surface area contributed by atoms with E-state index < -0.39 is 21.2 Å². The summed E-state index contributed by atoms with van der Waals surface area (Å²) in [6.45, 7) is 3.45. The summed E-state index contributed by atoms with van der Waals surface area (Å²) in [6, 6.07) is 6.53. The minimum atomic E-state index is -3.35. The molecule has 0 unspecified atom stereocenters. The van der Waals surface area contributed by atoms with E-state index in [2.05, 4.69) is 0 Å². The second-order valence-corrected chi connectivity index (χ2v) is 6.71. The number of carboxylic acid groups (broad SMARTS) is 1. The maximum Gasteiger partial charge on any atom is 0.304 e. The molecule has 0 aliphatic carbocycles. The van der Waals surface area contributed by atoms with Crippen LogP contribution < -0.4 is 0 Å². The van der Waals surface area contributed by atoms with Crippen molar-refractivity contribution in [3.8, 4) is 0 Å². The van der Waals surface area contributed by atoms with E-state index in [4.69, 9.17) is 5.11 Å². The van der Waals surface area contributed by atoms with Crippen LogP contribution in [0.2, 0.25) is 0 Å². The number of aliphatic carboxylic acids is 1. The Morgan fingerprint density at radius 1 is 1.29 bits per heavy atom. The molecule has 1 aromatic carbocycles. The molecule has 0 bridgehead atoms. The molecule has 0 heterocycles. The highest BCUT2D eigenvalue weighted by Crippen LogP contribution is 2.32. The van der Waals surface area contributed by atoms with E-state index in [0.29, 0.717) is 5.56 Å². The third-order valence-electron chi connectivity index (χ3n) is 2.61. The predicted octanol–water partition coefficient (Wildman–Crippen LogP) is 1.84. The van der Waals surface area contributed by atoms with Gasteiger partial charge in [0.25, 0.3) is 0 Å². The summed E-state index contributed by atoms with van der Waals surface area (Å²) in [5.41, 5.74) is -0.171. The monoisotopic (exact) mass is 256 g/mol. The summed E-state index contributed by atoms with van der Waals surface area (Å²) in [6.07, 6.45) is 1.02. The maximum absolute atomic E-state index is 11.6. The van der Waals surface area contributed by atoms with Crippen LogP contribution in [-0.4, -0.2) is 25.7 Å². The lowest BCUT2D eigenvalue weighted by atomic mass is 9.81. The zero-order chi connectivity index (χ0) is 13.3. The van der Waals surface area contributed by atoms with Crippen molar-refractivity contribution in [1.29, 1.82) is 0 Å². The summed E-state index contributed by atoms with van der Waals surface area (Å²) < 4.78 is 23.3. The van der Waals surface area contributed by atoms with Crippen LogP contribution in [0, 0.1) is 0 Å². The van der Waals surface area contributed by atoms with Crippen LogP contribution in [0.3, 0.4) is 0 Å². The van der Waals surface area contributed by atoms with Crippen molar-refractivity contribution in [1.82, 2.24) is 0 Å². The average Bonchev–Trinajstić information content (AvgIpc) is 2.14. The number of rotatable bonds is 4. The van der Waals surface area contributed by atoms with Gasteiger partial charge in [-0.3, -0.25) is 4.79 Å². The molecule has 0 fully saturated rings. The van der Waals surface area contributed by atoms with Crippen LogP contribution in [0.1, 0.15) is 25.8 Å². The van der Waals surface area contributed by atoms with Crippen LogP contribution in [0.5, 0.6) is 0 Å². The van der Waals surface area contributed by atoms with E-state index in [0.717, 1.165) is 6.26 Å². The number of sulfone groups is 1. The van der Waals surface area contributed by atoms with Gasteiger partial charge in [0.1, 0.15) is 0 Å². The van der Waals surface area contributed by atoms with Gasteiger partial charge in [-0.05, 0) is 11.6 Å². The van der Waals surface area contributed by atoms with Crippen molar-refractivity contribution in [2.75, 3.05) is 6.26 Å². The highest BCUT2D eigenvalue weighted by molar-refractivity contribution is 7.90. The molecule has 0 radical (unpaired) electrons. The van der Waals surface area contributed by atoms with E-state index in [1.807, 2.05) is 0 Å². The molecule has 0 aliphatic heterocycles. The molecule has 94 valence electrons. The Labute approximate surface area is 101 Å². The Kier molecular flexibility index (Phi) is 3.62. The van der Waals surface area contributed by atoms with Crippen molar-refractivity contribution < 1.29 is 18.3 Å².